The molecule has 0 radical (unpaired) electrons. The molecule has 0 amide bonds. The number of carbonyl (C=O) groups is 1. The van der Waals surface area contributed by atoms with Gasteiger partial charge in [0.25, 0.3) is 5.69 Å². The maximum absolute atomic E-state index is 10.9. The number of rotatable bonds is 4. The second kappa shape index (κ2) is 6.11. The van der Waals surface area contributed by atoms with E-state index in [0.717, 1.165) is 0 Å². The monoisotopic (exact) mass is 324 g/mol. The minimum Gasteiger partial charge on any atom is -0.477 e. The predicted molar refractivity (Wildman–Crippen MR) is 78.2 cm³/mol. The molecule has 108 valence electrons. The minimum absolute atomic E-state index is 0.0422. The SMILES string of the molecule is Cc1cc([N+](=O)[O-])c(Cl)cc1Sc1ccnc(C(=O)O)c1. The van der Waals surface area contributed by atoms with Crippen LogP contribution < -0.4 is 0 Å². The van der Waals surface area contributed by atoms with Crippen LogP contribution in [0.1, 0.15) is 16.1 Å². The van der Waals surface area contributed by atoms with Crippen LogP contribution in [0.15, 0.2) is 40.3 Å². The van der Waals surface area contributed by atoms with Crippen LogP contribution in [0.5, 0.6) is 0 Å². The van der Waals surface area contributed by atoms with Crippen molar-refractivity contribution in [3.63, 3.8) is 0 Å². The van der Waals surface area contributed by atoms with E-state index in [1.165, 1.54) is 36.2 Å². The highest BCUT2D eigenvalue weighted by Gasteiger charge is 2.16. The van der Waals surface area contributed by atoms with Crippen LogP contribution in [0.25, 0.3) is 0 Å². The average molecular weight is 325 g/mol. The Morgan fingerprint density at radius 2 is 2.14 bits per heavy atom. The van der Waals surface area contributed by atoms with Gasteiger partial charge in [-0.25, -0.2) is 9.78 Å². The number of carboxylic acid groups (broad SMARTS) is 1. The van der Waals surface area contributed by atoms with E-state index in [1.54, 1.807) is 13.0 Å². The molecular weight excluding hydrogens is 316 g/mol. The van der Waals surface area contributed by atoms with Crippen molar-refractivity contribution in [2.45, 2.75) is 16.7 Å². The summed E-state index contributed by atoms with van der Waals surface area (Å²) in [5, 5.41) is 19.7. The summed E-state index contributed by atoms with van der Waals surface area (Å²) in [4.78, 5) is 26.2. The average Bonchev–Trinajstić information content (AvgIpc) is 2.42. The molecule has 2 rings (SSSR count). The molecule has 0 aliphatic carbocycles. The maximum atomic E-state index is 10.9. The summed E-state index contributed by atoms with van der Waals surface area (Å²) < 4.78 is 0. The van der Waals surface area contributed by atoms with Crippen LogP contribution in [0, 0.1) is 17.0 Å². The summed E-state index contributed by atoms with van der Waals surface area (Å²) in [6.45, 7) is 1.73. The molecule has 0 saturated heterocycles. The second-order valence-electron chi connectivity index (χ2n) is 4.11. The molecule has 1 N–H and O–H groups in total. The van der Waals surface area contributed by atoms with Crippen molar-refractivity contribution in [3.05, 3.63) is 56.9 Å². The molecule has 0 bridgehead atoms. The van der Waals surface area contributed by atoms with Gasteiger partial charge >= 0.3 is 5.97 Å². The van der Waals surface area contributed by atoms with Gasteiger partial charge in [-0.05, 0) is 30.7 Å². The number of aromatic nitrogens is 1. The van der Waals surface area contributed by atoms with Gasteiger partial charge in [-0.15, -0.1) is 0 Å². The Hall–Kier alpha value is -2.12. The number of aryl methyl sites for hydroxylation is 1. The summed E-state index contributed by atoms with van der Waals surface area (Å²) >= 11 is 7.15. The van der Waals surface area contributed by atoms with E-state index in [0.29, 0.717) is 15.4 Å². The fraction of sp³-hybridized carbons (Fsp3) is 0.0769. The molecule has 0 unspecified atom stereocenters. The fourth-order valence-electron chi connectivity index (χ4n) is 1.62. The van der Waals surface area contributed by atoms with Gasteiger partial charge in [0, 0.05) is 22.1 Å². The molecule has 0 aliphatic heterocycles. The first-order valence-corrected chi connectivity index (χ1v) is 6.89. The number of aromatic carboxylic acids is 1. The Morgan fingerprint density at radius 3 is 2.76 bits per heavy atom. The van der Waals surface area contributed by atoms with Gasteiger partial charge in [0.2, 0.25) is 0 Å². The number of pyridine rings is 1. The van der Waals surface area contributed by atoms with E-state index in [2.05, 4.69) is 4.98 Å². The first kappa shape index (κ1) is 15.3. The van der Waals surface area contributed by atoms with Crippen LogP contribution in [-0.2, 0) is 0 Å². The molecule has 0 atom stereocenters. The van der Waals surface area contributed by atoms with Crippen molar-refractivity contribution < 1.29 is 14.8 Å². The van der Waals surface area contributed by atoms with Gasteiger partial charge in [-0.1, -0.05) is 23.4 Å². The molecule has 0 saturated carbocycles. The van der Waals surface area contributed by atoms with Crippen molar-refractivity contribution in [2.75, 3.05) is 0 Å². The van der Waals surface area contributed by atoms with Crippen molar-refractivity contribution in [1.82, 2.24) is 4.98 Å². The highest BCUT2D eigenvalue weighted by atomic mass is 35.5. The number of benzene rings is 1. The molecule has 6 nitrogen and oxygen atoms in total. The minimum atomic E-state index is -1.11. The Bertz CT molecular complexity index is 736. The van der Waals surface area contributed by atoms with Gasteiger partial charge in [-0.2, -0.15) is 0 Å². The third-order valence-electron chi connectivity index (χ3n) is 2.62. The fourth-order valence-corrected chi connectivity index (χ4v) is 2.86. The number of nitro groups is 1. The second-order valence-corrected chi connectivity index (χ2v) is 5.63. The van der Waals surface area contributed by atoms with Crippen molar-refractivity contribution in [1.29, 1.82) is 0 Å². The van der Waals surface area contributed by atoms with Crippen LogP contribution in [-0.4, -0.2) is 21.0 Å². The summed E-state index contributed by atoms with van der Waals surface area (Å²) in [5.74, 6) is -1.11. The maximum Gasteiger partial charge on any atom is 0.354 e. The third-order valence-corrected chi connectivity index (χ3v) is 4.07. The van der Waals surface area contributed by atoms with Crippen molar-refractivity contribution in [3.8, 4) is 0 Å². The smallest absolute Gasteiger partial charge is 0.354 e. The van der Waals surface area contributed by atoms with E-state index in [1.807, 2.05) is 0 Å². The van der Waals surface area contributed by atoms with E-state index in [9.17, 15) is 14.9 Å². The zero-order valence-electron chi connectivity index (χ0n) is 10.7. The molecule has 0 aliphatic rings. The number of nitrogens with zero attached hydrogens (tertiary/aromatic N) is 2. The van der Waals surface area contributed by atoms with E-state index >= 15 is 0 Å². The molecule has 2 aromatic rings. The molecule has 1 aromatic heterocycles. The van der Waals surface area contributed by atoms with Gasteiger partial charge in [-0.3, -0.25) is 10.1 Å². The molecule has 1 aromatic carbocycles. The van der Waals surface area contributed by atoms with Gasteiger partial charge in [0.1, 0.15) is 10.7 Å². The molecular formula is C13H9ClN2O4S. The highest BCUT2D eigenvalue weighted by Crippen LogP contribution is 2.36. The number of halogens is 1. The van der Waals surface area contributed by atoms with E-state index in [4.69, 9.17) is 16.7 Å². The lowest BCUT2D eigenvalue weighted by Gasteiger charge is -2.07. The quantitative estimate of drug-likeness (QED) is 0.679. The summed E-state index contributed by atoms with van der Waals surface area (Å²) in [5.41, 5.74) is 0.468. The van der Waals surface area contributed by atoms with Crippen LogP contribution in [0.3, 0.4) is 0 Å². The van der Waals surface area contributed by atoms with E-state index < -0.39 is 10.9 Å². The lowest BCUT2D eigenvalue weighted by molar-refractivity contribution is -0.384. The number of hydrogen-bond donors (Lipinski definition) is 1. The molecule has 1 heterocycles. The molecule has 0 spiro atoms. The Morgan fingerprint density at radius 1 is 1.43 bits per heavy atom. The topological polar surface area (TPSA) is 93.3 Å². The number of nitro benzene ring substituents is 1. The molecule has 8 heteroatoms. The zero-order valence-corrected chi connectivity index (χ0v) is 12.3. The van der Waals surface area contributed by atoms with Gasteiger partial charge < -0.3 is 5.11 Å². The summed E-state index contributed by atoms with van der Waals surface area (Å²) in [7, 11) is 0. The van der Waals surface area contributed by atoms with Crippen LogP contribution >= 0.6 is 23.4 Å². The largest absolute Gasteiger partial charge is 0.477 e. The normalized spacial score (nSPS) is 10.4. The zero-order chi connectivity index (χ0) is 15.6. The van der Waals surface area contributed by atoms with Crippen molar-refractivity contribution >= 4 is 35.0 Å². The number of hydrogen-bond acceptors (Lipinski definition) is 5. The highest BCUT2D eigenvalue weighted by molar-refractivity contribution is 7.99. The number of carboxylic acids is 1. The molecule has 21 heavy (non-hydrogen) atoms. The standard InChI is InChI=1S/C13H9ClN2O4S/c1-7-4-11(16(19)20)9(14)6-12(7)21-8-2-3-15-10(5-8)13(17)18/h2-6H,1H3,(H,17,18). The van der Waals surface area contributed by atoms with Gasteiger partial charge in [0.05, 0.1) is 4.92 Å². The third kappa shape index (κ3) is 3.50. The van der Waals surface area contributed by atoms with Crippen LogP contribution in [0.2, 0.25) is 5.02 Å². The Kier molecular flexibility index (Phi) is 4.44. The van der Waals surface area contributed by atoms with Gasteiger partial charge in [0.15, 0.2) is 0 Å². The van der Waals surface area contributed by atoms with Crippen LogP contribution in [0.4, 0.5) is 5.69 Å². The summed E-state index contributed by atoms with van der Waals surface area (Å²) in [6.07, 6.45) is 1.40. The van der Waals surface area contributed by atoms with Crippen molar-refractivity contribution in [2.24, 2.45) is 0 Å². The Labute approximate surface area is 128 Å². The first-order valence-electron chi connectivity index (χ1n) is 5.70. The lowest BCUT2D eigenvalue weighted by atomic mass is 10.2. The first-order chi connectivity index (χ1) is 9.88. The summed E-state index contributed by atoms with van der Waals surface area (Å²) in [6, 6.07) is 5.98. The lowest BCUT2D eigenvalue weighted by Crippen LogP contribution is -1.99. The molecule has 0 fully saturated rings. The van der Waals surface area contributed by atoms with E-state index in [-0.39, 0.29) is 16.4 Å². The predicted octanol–water partition coefficient (Wildman–Crippen LogP) is 3.80. The Balaban J connectivity index is 2.36.